The minimum absolute atomic E-state index is 0.204. The number of nitrogens with zero attached hydrogens (tertiary/aromatic N) is 1. The number of carbonyl (C=O) groups excluding carboxylic acids is 2. The lowest BCUT2D eigenvalue weighted by atomic mass is 10.1. The maximum atomic E-state index is 13.1. The fourth-order valence-corrected chi connectivity index (χ4v) is 4.92. The molecule has 0 spiro atoms. The lowest BCUT2D eigenvalue weighted by molar-refractivity contribution is -0.123. The number of imide groups is 1. The molecule has 1 aliphatic heterocycles. The first kappa shape index (κ1) is 25.5. The summed E-state index contributed by atoms with van der Waals surface area (Å²) >= 11 is 3.60. The molecule has 1 fully saturated rings. The van der Waals surface area contributed by atoms with Gasteiger partial charge in [-0.1, -0.05) is 88.2 Å². The van der Waals surface area contributed by atoms with E-state index < -0.39 is 6.03 Å². The monoisotopic (exact) mass is 570 g/mol. The molecule has 0 unspecified atom stereocenters. The summed E-state index contributed by atoms with van der Waals surface area (Å²) in [6.07, 6.45) is 1.65. The highest BCUT2D eigenvalue weighted by Crippen LogP contribution is 2.36. The van der Waals surface area contributed by atoms with Gasteiger partial charge in [0.15, 0.2) is 11.5 Å². The first-order valence-corrected chi connectivity index (χ1v) is 13.2. The van der Waals surface area contributed by atoms with E-state index in [-0.39, 0.29) is 18.1 Å². The van der Waals surface area contributed by atoms with Gasteiger partial charge in [0, 0.05) is 4.47 Å². The maximum absolute atomic E-state index is 13.1. The van der Waals surface area contributed by atoms with Crippen LogP contribution in [0.5, 0.6) is 11.5 Å². The first-order chi connectivity index (χ1) is 18.4. The second-order valence-electron chi connectivity index (χ2n) is 9.05. The van der Waals surface area contributed by atoms with E-state index in [0.29, 0.717) is 34.7 Å². The number of rotatable bonds is 8. The maximum Gasteiger partial charge on any atom is 0.329 e. The SMILES string of the molecule is CCOc1cc(/C=C2/NC(=O)N(Cc3cccc(C)c3)C2=O)c(Br)cc1OCc1cccc2ccccc12. The standard InChI is InChI=1S/C31H27BrN2O4/c1-3-37-28-16-24(15-27-30(35)34(31(36)33-27)18-21-9-6-8-20(2)14-21)26(32)17-29(28)38-19-23-12-7-11-22-10-4-5-13-25(22)23/h4-17H,3,18-19H2,1-2H3,(H,33,36)/b27-15+. The smallest absolute Gasteiger partial charge is 0.329 e. The Labute approximate surface area is 230 Å². The van der Waals surface area contributed by atoms with Crippen molar-refractivity contribution < 1.29 is 19.1 Å². The van der Waals surface area contributed by atoms with E-state index in [1.165, 1.54) is 4.90 Å². The minimum Gasteiger partial charge on any atom is -0.490 e. The number of aryl methyl sites for hydroxylation is 1. The molecule has 0 atom stereocenters. The molecule has 1 heterocycles. The Kier molecular flexibility index (Phi) is 7.47. The van der Waals surface area contributed by atoms with Gasteiger partial charge in [-0.2, -0.15) is 0 Å². The summed E-state index contributed by atoms with van der Waals surface area (Å²) in [6, 6.07) is 25.3. The lowest BCUT2D eigenvalue weighted by Crippen LogP contribution is -2.30. The molecule has 6 nitrogen and oxygen atoms in total. The Bertz CT molecular complexity index is 1560. The Morgan fingerprint density at radius 2 is 1.68 bits per heavy atom. The van der Waals surface area contributed by atoms with Gasteiger partial charge in [0.25, 0.3) is 5.91 Å². The molecule has 0 radical (unpaired) electrons. The van der Waals surface area contributed by atoms with Crippen LogP contribution >= 0.6 is 15.9 Å². The van der Waals surface area contributed by atoms with Crippen LogP contribution in [0.25, 0.3) is 16.8 Å². The van der Waals surface area contributed by atoms with E-state index >= 15 is 0 Å². The van der Waals surface area contributed by atoms with Crippen LogP contribution in [0.1, 0.15) is 29.2 Å². The van der Waals surface area contributed by atoms with Crippen molar-refractivity contribution in [3.05, 3.63) is 111 Å². The third-order valence-electron chi connectivity index (χ3n) is 6.31. The molecule has 0 bridgehead atoms. The third kappa shape index (κ3) is 5.43. The number of ether oxygens (including phenoxy) is 2. The van der Waals surface area contributed by atoms with Gasteiger partial charge in [0.05, 0.1) is 13.2 Å². The van der Waals surface area contributed by atoms with Crippen LogP contribution in [-0.4, -0.2) is 23.4 Å². The Balaban J connectivity index is 1.38. The number of halogens is 1. The van der Waals surface area contributed by atoms with Crippen LogP contribution in [0.4, 0.5) is 4.79 Å². The second-order valence-corrected chi connectivity index (χ2v) is 9.90. The zero-order chi connectivity index (χ0) is 26.6. The van der Waals surface area contributed by atoms with Crippen molar-refractivity contribution >= 4 is 44.7 Å². The number of benzene rings is 4. The number of hydrogen-bond donors (Lipinski definition) is 1. The van der Waals surface area contributed by atoms with Crippen LogP contribution in [0, 0.1) is 6.92 Å². The number of fused-ring (bicyclic) bond motifs is 1. The van der Waals surface area contributed by atoms with Gasteiger partial charge in [0.1, 0.15) is 12.3 Å². The van der Waals surface area contributed by atoms with Crippen LogP contribution in [0.3, 0.4) is 0 Å². The summed E-state index contributed by atoms with van der Waals surface area (Å²) in [5, 5.41) is 4.99. The molecule has 5 rings (SSSR count). The summed E-state index contributed by atoms with van der Waals surface area (Å²) in [4.78, 5) is 26.9. The molecule has 1 saturated heterocycles. The summed E-state index contributed by atoms with van der Waals surface area (Å²) in [7, 11) is 0. The molecule has 4 aromatic rings. The van der Waals surface area contributed by atoms with Gasteiger partial charge in [-0.15, -0.1) is 0 Å². The third-order valence-corrected chi connectivity index (χ3v) is 7.00. The van der Waals surface area contributed by atoms with Gasteiger partial charge >= 0.3 is 6.03 Å². The van der Waals surface area contributed by atoms with Crippen molar-refractivity contribution in [2.75, 3.05) is 6.61 Å². The van der Waals surface area contributed by atoms with Crippen LogP contribution in [-0.2, 0) is 17.9 Å². The molecule has 0 aromatic heterocycles. The molecule has 1 N–H and O–H groups in total. The predicted molar refractivity (Wildman–Crippen MR) is 152 cm³/mol. The van der Waals surface area contributed by atoms with Crippen LogP contribution < -0.4 is 14.8 Å². The second kappa shape index (κ2) is 11.1. The number of nitrogens with one attached hydrogen (secondary N) is 1. The van der Waals surface area contributed by atoms with Crippen molar-refractivity contribution in [2.45, 2.75) is 27.0 Å². The van der Waals surface area contributed by atoms with E-state index in [9.17, 15) is 9.59 Å². The highest BCUT2D eigenvalue weighted by atomic mass is 79.9. The molecule has 38 heavy (non-hydrogen) atoms. The van der Waals surface area contributed by atoms with Gasteiger partial charge in [-0.05, 0) is 59.5 Å². The number of urea groups is 1. The zero-order valence-corrected chi connectivity index (χ0v) is 22.7. The first-order valence-electron chi connectivity index (χ1n) is 12.4. The molecule has 3 amide bonds. The summed E-state index contributed by atoms with van der Waals surface area (Å²) in [5.74, 6) is 0.755. The molecular formula is C31H27BrN2O4. The molecule has 0 aliphatic carbocycles. The zero-order valence-electron chi connectivity index (χ0n) is 21.2. The Hall–Kier alpha value is -4.10. The van der Waals surface area contributed by atoms with Crippen molar-refractivity contribution in [2.24, 2.45) is 0 Å². The summed E-state index contributed by atoms with van der Waals surface area (Å²) < 4.78 is 12.8. The Morgan fingerprint density at radius 1 is 0.921 bits per heavy atom. The summed E-state index contributed by atoms with van der Waals surface area (Å²) in [5.41, 5.74) is 3.92. The van der Waals surface area contributed by atoms with Gasteiger partial charge in [-0.3, -0.25) is 9.69 Å². The van der Waals surface area contributed by atoms with Gasteiger partial charge in [0.2, 0.25) is 0 Å². The van der Waals surface area contributed by atoms with E-state index in [4.69, 9.17) is 9.47 Å². The number of carbonyl (C=O) groups is 2. The van der Waals surface area contributed by atoms with Crippen molar-refractivity contribution in [1.82, 2.24) is 10.2 Å². The Morgan fingerprint density at radius 3 is 2.50 bits per heavy atom. The predicted octanol–water partition coefficient (Wildman–Crippen LogP) is 6.98. The van der Waals surface area contributed by atoms with Gasteiger partial charge in [-0.25, -0.2) is 4.79 Å². The highest BCUT2D eigenvalue weighted by Gasteiger charge is 2.33. The normalized spacial score (nSPS) is 14.3. The van der Waals surface area contributed by atoms with Crippen molar-refractivity contribution in [1.29, 1.82) is 0 Å². The number of amides is 3. The average Bonchev–Trinajstić information content (AvgIpc) is 3.17. The van der Waals surface area contributed by atoms with E-state index in [1.54, 1.807) is 6.08 Å². The van der Waals surface area contributed by atoms with Crippen molar-refractivity contribution in [3.63, 3.8) is 0 Å². The largest absolute Gasteiger partial charge is 0.490 e. The van der Waals surface area contributed by atoms with E-state index in [2.05, 4.69) is 39.4 Å². The molecule has 7 heteroatoms. The number of hydrogen-bond acceptors (Lipinski definition) is 4. The average molecular weight is 571 g/mol. The van der Waals surface area contributed by atoms with Crippen LogP contribution in [0.15, 0.2) is 89.0 Å². The van der Waals surface area contributed by atoms with Gasteiger partial charge < -0.3 is 14.8 Å². The van der Waals surface area contributed by atoms with E-state index in [0.717, 1.165) is 27.5 Å². The fourth-order valence-electron chi connectivity index (χ4n) is 4.48. The molecule has 4 aromatic carbocycles. The molecule has 1 aliphatic rings. The summed E-state index contributed by atoms with van der Waals surface area (Å²) in [6.45, 7) is 4.90. The van der Waals surface area contributed by atoms with E-state index in [1.807, 2.05) is 74.5 Å². The molecular weight excluding hydrogens is 544 g/mol. The highest BCUT2D eigenvalue weighted by molar-refractivity contribution is 9.10. The van der Waals surface area contributed by atoms with Crippen LogP contribution in [0.2, 0.25) is 0 Å². The topological polar surface area (TPSA) is 67.9 Å². The molecule has 192 valence electrons. The lowest BCUT2D eigenvalue weighted by Gasteiger charge is -2.15. The van der Waals surface area contributed by atoms with Crippen molar-refractivity contribution in [3.8, 4) is 11.5 Å². The molecule has 0 saturated carbocycles. The quantitative estimate of drug-likeness (QED) is 0.183. The minimum atomic E-state index is -0.445. The fraction of sp³-hybridized carbons (Fsp3) is 0.161.